The number of carboxylic acids is 1. The van der Waals surface area contributed by atoms with Gasteiger partial charge < -0.3 is 20.1 Å². The number of hydrogen-bond acceptors (Lipinski definition) is 3. The molecule has 20 heavy (non-hydrogen) atoms. The Hall–Kier alpha value is -1.30. The molecule has 0 saturated carbocycles. The summed E-state index contributed by atoms with van der Waals surface area (Å²) in [6, 6.07) is -1.24. The van der Waals surface area contributed by atoms with Gasteiger partial charge in [-0.25, -0.2) is 9.59 Å². The lowest BCUT2D eigenvalue weighted by molar-refractivity contribution is -0.139. The Labute approximate surface area is 121 Å². The van der Waals surface area contributed by atoms with Gasteiger partial charge in [0.1, 0.15) is 6.04 Å². The van der Waals surface area contributed by atoms with Crippen LogP contribution in [0.3, 0.4) is 0 Å². The van der Waals surface area contributed by atoms with Crippen molar-refractivity contribution in [3.05, 3.63) is 0 Å². The van der Waals surface area contributed by atoms with Crippen molar-refractivity contribution in [1.29, 1.82) is 0 Å². The van der Waals surface area contributed by atoms with Crippen molar-refractivity contribution in [1.82, 2.24) is 10.2 Å². The van der Waals surface area contributed by atoms with E-state index in [1.54, 1.807) is 4.90 Å². The van der Waals surface area contributed by atoms with E-state index in [4.69, 9.17) is 9.84 Å². The summed E-state index contributed by atoms with van der Waals surface area (Å²) in [6.07, 6.45) is 0.259. The Bertz CT molecular complexity index is 296. The van der Waals surface area contributed by atoms with Gasteiger partial charge in [-0.05, 0) is 11.8 Å². The highest BCUT2D eigenvalue weighted by atomic mass is 16.5. The molecule has 6 heteroatoms. The largest absolute Gasteiger partial charge is 0.480 e. The van der Waals surface area contributed by atoms with Crippen molar-refractivity contribution in [2.24, 2.45) is 11.8 Å². The number of carboxylic acid groups (broad SMARTS) is 1. The van der Waals surface area contributed by atoms with Crippen molar-refractivity contribution in [2.75, 3.05) is 26.8 Å². The molecule has 0 fully saturated rings. The number of carbonyl (C=O) groups is 2. The summed E-state index contributed by atoms with van der Waals surface area (Å²) in [6.45, 7) is 9.63. The van der Waals surface area contributed by atoms with Crippen molar-refractivity contribution in [3.8, 4) is 0 Å². The van der Waals surface area contributed by atoms with Gasteiger partial charge in [0.25, 0.3) is 0 Å². The molecule has 0 rings (SSSR count). The number of rotatable bonds is 9. The second-order valence-corrected chi connectivity index (χ2v) is 5.81. The molecule has 2 amide bonds. The minimum Gasteiger partial charge on any atom is -0.480 e. The Morgan fingerprint density at radius 3 is 2.00 bits per heavy atom. The topological polar surface area (TPSA) is 78.9 Å². The Balaban J connectivity index is 4.64. The van der Waals surface area contributed by atoms with Crippen LogP contribution in [0.25, 0.3) is 0 Å². The molecule has 1 unspecified atom stereocenters. The van der Waals surface area contributed by atoms with Gasteiger partial charge >= 0.3 is 12.0 Å². The fourth-order valence-electron chi connectivity index (χ4n) is 1.86. The van der Waals surface area contributed by atoms with Gasteiger partial charge in [-0.1, -0.05) is 27.7 Å². The molecular formula is C14H28N2O4. The summed E-state index contributed by atoms with van der Waals surface area (Å²) in [5.41, 5.74) is 0. The van der Waals surface area contributed by atoms with Gasteiger partial charge in [0.15, 0.2) is 0 Å². The highest BCUT2D eigenvalue weighted by molar-refractivity contribution is 5.82. The molecule has 6 nitrogen and oxygen atoms in total. The number of ether oxygens (including phenoxy) is 1. The molecule has 0 radical (unpaired) electrons. The van der Waals surface area contributed by atoms with Gasteiger partial charge in [-0.15, -0.1) is 0 Å². The van der Waals surface area contributed by atoms with Gasteiger partial charge in [-0.2, -0.15) is 0 Å². The number of nitrogens with one attached hydrogen (secondary N) is 1. The summed E-state index contributed by atoms with van der Waals surface area (Å²) in [5.74, 6) is -0.368. The molecule has 0 aromatic rings. The number of urea groups is 1. The van der Waals surface area contributed by atoms with Crippen LogP contribution in [0.4, 0.5) is 4.79 Å². The molecule has 0 bridgehead atoms. The molecule has 0 aliphatic carbocycles. The van der Waals surface area contributed by atoms with Crippen molar-refractivity contribution < 1.29 is 19.4 Å². The molecule has 0 aromatic heterocycles. The number of carbonyl (C=O) groups excluding carboxylic acids is 1. The first-order valence-electron chi connectivity index (χ1n) is 7.05. The Morgan fingerprint density at radius 1 is 1.15 bits per heavy atom. The Morgan fingerprint density at radius 2 is 1.65 bits per heavy atom. The third kappa shape index (κ3) is 7.99. The zero-order valence-electron chi connectivity index (χ0n) is 13.2. The summed E-state index contributed by atoms with van der Waals surface area (Å²) in [7, 11) is 1.50. The average molecular weight is 288 g/mol. The summed E-state index contributed by atoms with van der Waals surface area (Å²) < 4.78 is 4.87. The van der Waals surface area contributed by atoms with Crippen molar-refractivity contribution >= 4 is 12.0 Å². The van der Waals surface area contributed by atoms with E-state index in [1.165, 1.54) is 7.11 Å². The van der Waals surface area contributed by atoms with Gasteiger partial charge in [-0.3, -0.25) is 0 Å². The molecule has 0 aliphatic rings. The van der Waals surface area contributed by atoms with Crippen LogP contribution in [0.15, 0.2) is 0 Å². The third-order valence-corrected chi connectivity index (χ3v) is 2.66. The number of methoxy groups -OCH3 is 1. The lowest BCUT2D eigenvalue weighted by atomic mass is 10.1. The summed E-state index contributed by atoms with van der Waals surface area (Å²) >= 11 is 0. The molecule has 0 aliphatic heterocycles. The third-order valence-electron chi connectivity index (χ3n) is 2.66. The molecule has 0 saturated heterocycles. The van der Waals surface area contributed by atoms with E-state index in [2.05, 4.69) is 5.32 Å². The highest BCUT2D eigenvalue weighted by Gasteiger charge is 2.23. The minimum absolute atomic E-state index is 0.259. The van der Waals surface area contributed by atoms with Crippen molar-refractivity contribution in [3.63, 3.8) is 0 Å². The highest BCUT2D eigenvalue weighted by Crippen LogP contribution is 2.05. The van der Waals surface area contributed by atoms with Crippen LogP contribution in [0.2, 0.25) is 0 Å². The van der Waals surface area contributed by atoms with Gasteiger partial charge in [0, 0.05) is 33.2 Å². The number of aliphatic carboxylic acids is 1. The molecule has 0 aromatic carbocycles. The molecule has 0 spiro atoms. The SMILES string of the molecule is COCCC(NC(=O)N(CC(C)C)CC(C)C)C(=O)O. The molecule has 0 heterocycles. The number of amides is 2. The smallest absolute Gasteiger partial charge is 0.326 e. The van der Waals surface area contributed by atoms with E-state index >= 15 is 0 Å². The normalized spacial score (nSPS) is 12.6. The number of hydrogen-bond donors (Lipinski definition) is 2. The maximum atomic E-state index is 12.2. The van der Waals surface area contributed by atoms with Crippen LogP contribution in [0.1, 0.15) is 34.1 Å². The standard InChI is InChI=1S/C14H28N2O4/c1-10(2)8-16(9-11(3)4)14(19)15-12(13(17)18)6-7-20-5/h10-12H,6-9H2,1-5H3,(H,15,19)(H,17,18). The maximum Gasteiger partial charge on any atom is 0.326 e. The maximum absolute atomic E-state index is 12.2. The van der Waals surface area contributed by atoms with E-state index in [0.29, 0.717) is 31.5 Å². The first-order valence-corrected chi connectivity index (χ1v) is 7.05. The second kappa shape index (κ2) is 9.58. The van der Waals surface area contributed by atoms with E-state index in [1.807, 2.05) is 27.7 Å². The monoisotopic (exact) mass is 288 g/mol. The van der Waals surface area contributed by atoms with Gasteiger partial charge in [0.05, 0.1) is 0 Å². The van der Waals surface area contributed by atoms with Crippen LogP contribution in [0, 0.1) is 11.8 Å². The zero-order valence-corrected chi connectivity index (χ0v) is 13.2. The van der Waals surface area contributed by atoms with Gasteiger partial charge in [0.2, 0.25) is 0 Å². The van der Waals surface area contributed by atoms with Crippen LogP contribution < -0.4 is 5.32 Å². The summed E-state index contributed by atoms with van der Waals surface area (Å²) in [5, 5.41) is 11.7. The van der Waals surface area contributed by atoms with E-state index in [-0.39, 0.29) is 12.5 Å². The van der Waals surface area contributed by atoms with E-state index < -0.39 is 12.0 Å². The van der Waals surface area contributed by atoms with Crippen LogP contribution in [-0.2, 0) is 9.53 Å². The average Bonchev–Trinajstić information content (AvgIpc) is 2.31. The predicted octanol–water partition coefficient (Wildman–Crippen LogP) is 1.80. The fraction of sp³-hybridized carbons (Fsp3) is 0.857. The summed E-state index contributed by atoms with van der Waals surface area (Å²) in [4.78, 5) is 25.0. The minimum atomic E-state index is -1.04. The molecule has 118 valence electrons. The van der Waals surface area contributed by atoms with E-state index in [0.717, 1.165) is 0 Å². The zero-order chi connectivity index (χ0) is 15.7. The first-order chi connectivity index (χ1) is 9.27. The molecular weight excluding hydrogens is 260 g/mol. The van der Waals surface area contributed by atoms with Crippen LogP contribution in [-0.4, -0.2) is 54.9 Å². The number of nitrogens with zero attached hydrogens (tertiary/aromatic N) is 1. The van der Waals surface area contributed by atoms with Crippen LogP contribution in [0.5, 0.6) is 0 Å². The molecule has 2 N–H and O–H groups in total. The fourth-order valence-corrected chi connectivity index (χ4v) is 1.86. The molecule has 1 atom stereocenters. The first kappa shape index (κ1) is 18.7. The lowest BCUT2D eigenvalue weighted by Crippen LogP contribution is -2.50. The lowest BCUT2D eigenvalue weighted by Gasteiger charge is -2.28. The predicted molar refractivity (Wildman–Crippen MR) is 77.7 cm³/mol. The van der Waals surface area contributed by atoms with Crippen LogP contribution >= 0.6 is 0 Å². The quantitative estimate of drug-likeness (QED) is 0.678. The second-order valence-electron chi connectivity index (χ2n) is 5.81. The van der Waals surface area contributed by atoms with Crippen molar-refractivity contribution in [2.45, 2.75) is 40.2 Å². The van der Waals surface area contributed by atoms with E-state index in [9.17, 15) is 9.59 Å². The Kier molecular flexibility index (Phi) is 8.96.